The molecule has 2 aromatic rings. The number of fused-ring (bicyclic) bond motifs is 1. The van der Waals surface area contributed by atoms with Crippen LogP contribution in [0.4, 0.5) is 0 Å². The highest BCUT2D eigenvalue weighted by Crippen LogP contribution is 2.34. The van der Waals surface area contributed by atoms with E-state index in [4.69, 9.17) is 19.3 Å². The van der Waals surface area contributed by atoms with Crippen molar-refractivity contribution < 1.29 is 24.1 Å². The minimum atomic E-state index is -0.838. The van der Waals surface area contributed by atoms with E-state index in [1.54, 1.807) is 6.92 Å². The summed E-state index contributed by atoms with van der Waals surface area (Å²) >= 11 is 0. The van der Waals surface area contributed by atoms with E-state index in [0.717, 1.165) is 35.7 Å². The Morgan fingerprint density at radius 1 is 1.14 bits per heavy atom. The number of carboxylic acids is 1. The molecule has 198 valence electrons. The van der Waals surface area contributed by atoms with Crippen LogP contribution in [0, 0.1) is 11.8 Å². The largest absolute Gasteiger partial charge is 0.486 e. The molecule has 5 heteroatoms. The van der Waals surface area contributed by atoms with E-state index < -0.39 is 5.97 Å². The number of aliphatic carboxylic acids is 1. The van der Waals surface area contributed by atoms with Gasteiger partial charge in [0.25, 0.3) is 0 Å². The third kappa shape index (κ3) is 8.46. The highest BCUT2D eigenvalue weighted by molar-refractivity contribution is 5.69. The first-order chi connectivity index (χ1) is 17.8. The molecule has 1 aliphatic heterocycles. The second kappa shape index (κ2) is 14.8. The molecule has 3 atom stereocenters. The van der Waals surface area contributed by atoms with Crippen molar-refractivity contribution in [1.82, 2.24) is 0 Å². The van der Waals surface area contributed by atoms with Gasteiger partial charge in [-0.05, 0) is 80.5 Å². The first kappa shape index (κ1) is 29.6. The number of ether oxygens (including phenoxy) is 3. The Labute approximate surface area is 222 Å². The third-order valence-electron chi connectivity index (χ3n) is 6.47. The van der Waals surface area contributed by atoms with Gasteiger partial charge in [-0.25, -0.2) is 0 Å². The molecule has 0 saturated carbocycles. The van der Waals surface area contributed by atoms with E-state index in [1.165, 1.54) is 16.7 Å². The molecule has 4 rings (SSSR count). The lowest BCUT2D eigenvalue weighted by atomic mass is 9.96. The maximum absolute atomic E-state index is 10.9. The summed E-state index contributed by atoms with van der Waals surface area (Å²) in [6.45, 7) is 16.2. The van der Waals surface area contributed by atoms with Crippen LogP contribution in [0.2, 0.25) is 0 Å². The molecular formula is C32H40O5. The maximum Gasteiger partial charge on any atom is 0.304 e. The van der Waals surface area contributed by atoms with E-state index in [9.17, 15) is 4.79 Å². The minimum absolute atomic E-state index is 0.0186. The van der Waals surface area contributed by atoms with Gasteiger partial charge in [-0.2, -0.15) is 0 Å². The van der Waals surface area contributed by atoms with Gasteiger partial charge in [0.1, 0.15) is 11.9 Å². The van der Waals surface area contributed by atoms with Gasteiger partial charge in [0, 0.05) is 0 Å². The molecule has 2 unspecified atom stereocenters. The van der Waals surface area contributed by atoms with Crippen molar-refractivity contribution in [2.45, 2.75) is 78.7 Å². The summed E-state index contributed by atoms with van der Waals surface area (Å²) in [4.78, 5) is 10.9. The summed E-state index contributed by atoms with van der Waals surface area (Å²) in [7, 11) is 0. The summed E-state index contributed by atoms with van der Waals surface area (Å²) in [5.74, 6) is 7.50. The molecule has 5 nitrogen and oxygen atoms in total. The van der Waals surface area contributed by atoms with E-state index in [-0.39, 0.29) is 18.4 Å². The van der Waals surface area contributed by atoms with Gasteiger partial charge >= 0.3 is 5.97 Å². The van der Waals surface area contributed by atoms with Crippen molar-refractivity contribution in [3.8, 4) is 29.1 Å². The number of hydrogen-bond acceptors (Lipinski definition) is 4. The first-order valence-electron chi connectivity index (χ1n) is 12.9. The van der Waals surface area contributed by atoms with Crippen LogP contribution in [-0.2, 0) is 4.79 Å². The van der Waals surface area contributed by atoms with Gasteiger partial charge in [-0.1, -0.05) is 56.5 Å². The average molecular weight is 505 g/mol. The zero-order valence-electron chi connectivity index (χ0n) is 23.0. The Morgan fingerprint density at radius 3 is 2.35 bits per heavy atom. The van der Waals surface area contributed by atoms with Crippen LogP contribution in [0.5, 0.6) is 17.2 Å². The third-order valence-corrected chi connectivity index (χ3v) is 6.47. The summed E-state index contributed by atoms with van der Waals surface area (Å²) in [5, 5.41) is 8.97. The number of rotatable bonds is 7. The molecule has 1 aliphatic carbocycles. The quantitative estimate of drug-likeness (QED) is 0.307. The molecule has 0 aromatic heterocycles. The van der Waals surface area contributed by atoms with Crippen molar-refractivity contribution in [3.05, 3.63) is 77.4 Å². The molecule has 0 fully saturated rings. The number of allylic oxidation sites excluding steroid dienone is 2. The zero-order chi connectivity index (χ0) is 27.4. The van der Waals surface area contributed by atoms with Crippen LogP contribution >= 0.6 is 0 Å². The normalized spacial score (nSPS) is 16.6. The monoisotopic (exact) mass is 504 g/mol. The Kier molecular flexibility index (Phi) is 11.8. The molecule has 2 aromatic carbocycles. The molecule has 37 heavy (non-hydrogen) atoms. The second-order valence-corrected chi connectivity index (χ2v) is 8.86. The molecule has 1 N–H and O–H groups in total. The van der Waals surface area contributed by atoms with Gasteiger partial charge in [-0.3, -0.25) is 4.79 Å². The molecule has 1 heterocycles. The van der Waals surface area contributed by atoms with Crippen molar-refractivity contribution in [3.63, 3.8) is 0 Å². The maximum atomic E-state index is 10.9. The van der Waals surface area contributed by atoms with E-state index in [0.29, 0.717) is 12.7 Å². The van der Waals surface area contributed by atoms with Crippen LogP contribution in [0.3, 0.4) is 0 Å². The number of carboxylic acid groups (broad SMARTS) is 1. The van der Waals surface area contributed by atoms with Crippen LogP contribution in [0.15, 0.2) is 66.3 Å². The molecular weight excluding hydrogens is 464 g/mol. The Balaban J connectivity index is 0.000000272. The van der Waals surface area contributed by atoms with Gasteiger partial charge in [0.15, 0.2) is 11.5 Å². The lowest BCUT2D eigenvalue weighted by Gasteiger charge is -2.16. The van der Waals surface area contributed by atoms with Crippen LogP contribution < -0.4 is 14.2 Å². The van der Waals surface area contributed by atoms with Crippen molar-refractivity contribution in [2.24, 2.45) is 0 Å². The van der Waals surface area contributed by atoms with Gasteiger partial charge in [-0.15, -0.1) is 12.5 Å². The molecule has 0 spiro atoms. The smallest absolute Gasteiger partial charge is 0.304 e. The Hall–Kier alpha value is -3.65. The minimum Gasteiger partial charge on any atom is -0.486 e. The summed E-state index contributed by atoms with van der Waals surface area (Å²) in [6.07, 6.45) is 4.22. The van der Waals surface area contributed by atoms with Crippen LogP contribution in [0.1, 0.15) is 83.8 Å². The molecule has 2 aliphatic rings. The lowest BCUT2D eigenvalue weighted by Crippen LogP contribution is -2.14. The fourth-order valence-electron chi connectivity index (χ4n) is 4.06. The standard InChI is InChI=1S/C19H22O3.C11H12O2.C2H6/c1-4-5-16(12-19(20)21)15-7-9-17(10-8-15)22-18-11-6-13(2)14(18)3;1-3-8(2)9-4-5-10-11(6-9)13-7-12-10;1-2/h7-10,16,18H,6,11-12H2,1-3H3,(H,20,21);3-6,8H,1,7H2,2H3;1-2H3/t16-,18?;;/m1../s1. The highest BCUT2D eigenvalue weighted by atomic mass is 16.7. The fourth-order valence-corrected chi connectivity index (χ4v) is 4.06. The Morgan fingerprint density at radius 2 is 1.78 bits per heavy atom. The molecule has 0 bridgehead atoms. The second-order valence-electron chi connectivity index (χ2n) is 8.86. The summed E-state index contributed by atoms with van der Waals surface area (Å²) in [6, 6.07) is 13.6. The number of carbonyl (C=O) groups is 1. The van der Waals surface area contributed by atoms with Crippen molar-refractivity contribution in [1.29, 1.82) is 0 Å². The predicted octanol–water partition coefficient (Wildman–Crippen LogP) is 7.88. The van der Waals surface area contributed by atoms with E-state index in [2.05, 4.69) is 39.2 Å². The number of benzene rings is 2. The average Bonchev–Trinajstić information content (AvgIpc) is 3.51. The predicted molar refractivity (Wildman–Crippen MR) is 149 cm³/mol. The molecule has 0 amide bonds. The highest BCUT2D eigenvalue weighted by Gasteiger charge is 2.21. The van der Waals surface area contributed by atoms with Crippen molar-refractivity contribution in [2.75, 3.05) is 6.79 Å². The SMILES string of the molecule is C=CC(C)c1ccc2c(c1)OCO2.CC.CC#C[C@H](CC(=O)O)c1ccc(OC2CCC(C)=C2C)cc1. The van der Waals surface area contributed by atoms with Gasteiger partial charge in [0.05, 0.1) is 12.3 Å². The fraction of sp³-hybridized carbons (Fsp3) is 0.406. The van der Waals surface area contributed by atoms with E-state index >= 15 is 0 Å². The topological polar surface area (TPSA) is 65.0 Å². The van der Waals surface area contributed by atoms with Gasteiger partial charge in [0.2, 0.25) is 6.79 Å². The van der Waals surface area contributed by atoms with Gasteiger partial charge < -0.3 is 19.3 Å². The lowest BCUT2D eigenvalue weighted by molar-refractivity contribution is -0.137. The summed E-state index contributed by atoms with van der Waals surface area (Å²) in [5.41, 5.74) is 4.87. The molecule has 0 radical (unpaired) electrons. The van der Waals surface area contributed by atoms with E-state index in [1.807, 2.05) is 62.4 Å². The Bertz CT molecular complexity index is 1130. The van der Waals surface area contributed by atoms with Crippen LogP contribution in [0.25, 0.3) is 0 Å². The number of hydrogen-bond donors (Lipinski definition) is 1. The van der Waals surface area contributed by atoms with Crippen LogP contribution in [-0.4, -0.2) is 24.0 Å². The summed E-state index contributed by atoms with van der Waals surface area (Å²) < 4.78 is 16.5. The van der Waals surface area contributed by atoms with Crippen molar-refractivity contribution >= 4 is 5.97 Å². The first-order valence-corrected chi connectivity index (χ1v) is 12.9. The zero-order valence-corrected chi connectivity index (χ0v) is 23.0. The molecule has 0 saturated heterocycles.